The number of rotatable bonds is 2. The predicted molar refractivity (Wildman–Crippen MR) is 68.7 cm³/mol. The number of morpholine rings is 1. The number of nitrogens with zero attached hydrogens (tertiary/aromatic N) is 1. The summed E-state index contributed by atoms with van der Waals surface area (Å²) < 4.78 is 5.47. The molecule has 2 aromatic rings. The summed E-state index contributed by atoms with van der Waals surface area (Å²) >= 11 is 0. The number of carbonyl (C=O) groups excluding carboxylic acids is 1. The van der Waals surface area contributed by atoms with E-state index in [4.69, 9.17) is 4.74 Å². The topological polar surface area (TPSA) is 51.2 Å². The van der Waals surface area contributed by atoms with Crippen LogP contribution in [-0.2, 0) is 4.74 Å². The highest BCUT2D eigenvalue weighted by Crippen LogP contribution is 2.15. The Hall–Kier alpha value is -1.78. The van der Waals surface area contributed by atoms with Gasteiger partial charge in [0.2, 0.25) is 0 Å². The van der Waals surface area contributed by atoms with Crippen molar-refractivity contribution in [1.82, 2.24) is 10.3 Å². The Balaban J connectivity index is 1.91. The fourth-order valence-corrected chi connectivity index (χ4v) is 2.13. The standard InChI is InChI=1S/C14H14N2O2/c17-14(13-9-15-5-6-18-13)11-7-10-3-1-2-4-12(10)16-8-11/h1-4,7-8,13,15H,5-6,9H2. The zero-order valence-electron chi connectivity index (χ0n) is 9.93. The van der Waals surface area contributed by atoms with Crippen molar-refractivity contribution in [2.75, 3.05) is 19.7 Å². The quantitative estimate of drug-likeness (QED) is 0.809. The Morgan fingerprint density at radius 2 is 2.28 bits per heavy atom. The van der Waals surface area contributed by atoms with E-state index in [-0.39, 0.29) is 11.9 Å². The molecule has 92 valence electrons. The summed E-state index contributed by atoms with van der Waals surface area (Å²) in [7, 11) is 0. The van der Waals surface area contributed by atoms with Gasteiger partial charge in [-0.05, 0) is 12.1 Å². The Morgan fingerprint density at radius 1 is 1.39 bits per heavy atom. The summed E-state index contributed by atoms with van der Waals surface area (Å²) in [5, 5.41) is 4.14. The Bertz CT molecular complexity index is 577. The number of fused-ring (bicyclic) bond motifs is 1. The van der Waals surface area contributed by atoms with Gasteiger partial charge in [-0.3, -0.25) is 9.78 Å². The molecule has 3 rings (SSSR count). The number of nitrogens with one attached hydrogen (secondary N) is 1. The number of ether oxygens (including phenoxy) is 1. The van der Waals surface area contributed by atoms with Gasteiger partial charge < -0.3 is 10.1 Å². The Labute approximate surface area is 105 Å². The first-order valence-corrected chi connectivity index (χ1v) is 6.06. The fraction of sp³-hybridized carbons (Fsp3) is 0.286. The predicted octanol–water partition coefficient (Wildman–Crippen LogP) is 1.41. The van der Waals surface area contributed by atoms with Gasteiger partial charge in [0.1, 0.15) is 6.10 Å². The highest BCUT2D eigenvalue weighted by molar-refractivity contribution is 6.01. The highest BCUT2D eigenvalue weighted by Gasteiger charge is 2.23. The molecule has 0 radical (unpaired) electrons. The molecule has 1 aliphatic heterocycles. The van der Waals surface area contributed by atoms with E-state index in [1.807, 2.05) is 30.3 Å². The first kappa shape index (κ1) is 11.3. The van der Waals surface area contributed by atoms with Crippen molar-refractivity contribution in [3.63, 3.8) is 0 Å². The Kier molecular flexibility index (Phi) is 3.04. The molecule has 4 nitrogen and oxygen atoms in total. The highest BCUT2D eigenvalue weighted by atomic mass is 16.5. The molecule has 1 unspecified atom stereocenters. The first-order valence-electron chi connectivity index (χ1n) is 6.06. The van der Waals surface area contributed by atoms with Crippen LogP contribution in [0, 0.1) is 0 Å². The number of hydrogen-bond donors (Lipinski definition) is 1. The van der Waals surface area contributed by atoms with E-state index in [9.17, 15) is 4.79 Å². The summed E-state index contributed by atoms with van der Waals surface area (Å²) in [5.74, 6) is 0.000420. The van der Waals surface area contributed by atoms with Crippen LogP contribution in [0.1, 0.15) is 10.4 Å². The molecule has 18 heavy (non-hydrogen) atoms. The van der Waals surface area contributed by atoms with Crippen LogP contribution in [0.5, 0.6) is 0 Å². The van der Waals surface area contributed by atoms with Gasteiger partial charge in [0.25, 0.3) is 0 Å². The van der Waals surface area contributed by atoms with Gasteiger partial charge in [0, 0.05) is 30.2 Å². The number of ketones is 1. The molecule has 1 N–H and O–H groups in total. The van der Waals surface area contributed by atoms with Gasteiger partial charge in [-0.2, -0.15) is 0 Å². The maximum atomic E-state index is 12.2. The molecular weight excluding hydrogens is 228 g/mol. The lowest BCUT2D eigenvalue weighted by Gasteiger charge is -2.22. The molecule has 1 aliphatic rings. The average Bonchev–Trinajstić information content (AvgIpc) is 2.47. The van der Waals surface area contributed by atoms with E-state index in [1.165, 1.54) is 0 Å². The monoisotopic (exact) mass is 242 g/mol. The lowest BCUT2D eigenvalue weighted by Crippen LogP contribution is -2.43. The molecule has 0 amide bonds. The summed E-state index contributed by atoms with van der Waals surface area (Å²) in [5.41, 5.74) is 1.51. The molecule has 1 atom stereocenters. The van der Waals surface area contributed by atoms with E-state index in [0.717, 1.165) is 17.4 Å². The number of para-hydroxylation sites is 1. The van der Waals surface area contributed by atoms with Crippen molar-refractivity contribution in [2.45, 2.75) is 6.10 Å². The average molecular weight is 242 g/mol. The van der Waals surface area contributed by atoms with Gasteiger partial charge in [0.15, 0.2) is 5.78 Å². The second-order valence-electron chi connectivity index (χ2n) is 4.34. The van der Waals surface area contributed by atoms with Gasteiger partial charge in [-0.1, -0.05) is 18.2 Å². The number of hydrogen-bond acceptors (Lipinski definition) is 4. The molecule has 4 heteroatoms. The van der Waals surface area contributed by atoms with Crippen molar-refractivity contribution in [2.24, 2.45) is 0 Å². The van der Waals surface area contributed by atoms with Crippen molar-refractivity contribution in [3.05, 3.63) is 42.1 Å². The number of pyridine rings is 1. The fourth-order valence-electron chi connectivity index (χ4n) is 2.13. The smallest absolute Gasteiger partial charge is 0.194 e. The molecule has 0 aliphatic carbocycles. The van der Waals surface area contributed by atoms with Crippen molar-refractivity contribution in [3.8, 4) is 0 Å². The van der Waals surface area contributed by atoms with E-state index in [0.29, 0.717) is 18.7 Å². The summed E-state index contributed by atoms with van der Waals surface area (Å²) in [4.78, 5) is 16.5. The molecule has 1 fully saturated rings. The molecule has 2 heterocycles. The summed E-state index contributed by atoms with van der Waals surface area (Å²) in [6.07, 6.45) is 1.24. The van der Waals surface area contributed by atoms with Crippen LogP contribution < -0.4 is 5.32 Å². The maximum Gasteiger partial charge on any atom is 0.194 e. The minimum Gasteiger partial charge on any atom is -0.367 e. The van der Waals surface area contributed by atoms with Crippen LogP contribution in [0.25, 0.3) is 10.9 Å². The van der Waals surface area contributed by atoms with Gasteiger partial charge >= 0.3 is 0 Å². The van der Waals surface area contributed by atoms with Crippen LogP contribution in [0.3, 0.4) is 0 Å². The van der Waals surface area contributed by atoms with E-state index in [1.54, 1.807) is 6.20 Å². The van der Waals surface area contributed by atoms with Crippen LogP contribution in [0.2, 0.25) is 0 Å². The van der Waals surface area contributed by atoms with Gasteiger partial charge in [-0.15, -0.1) is 0 Å². The molecule has 0 spiro atoms. The largest absolute Gasteiger partial charge is 0.367 e. The van der Waals surface area contributed by atoms with E-state index in [2.05, 4.69) is 10.3 Å². The zero-order valence-corrected chi connectivity index (χ0v) is 9.93. The van der Waals surface area contributed by atoms with Crippen LogP contribution in [-0.4, -0.2) is 36.6 Å². The SMILES string of the molecule is O=C(c1cnc2ccccc2c1)C1CNCCO1. The third-order valence-corrected chi connectivity index (χ3v) is 3.10. The first-order chi connectivity index (χ1) is 8.84. The molecule has 0 saturated carbocycles. The van der Waals surface area contributed by atoms with Crippen LogP contribution >= 0.6 is 0 Å². The second kappa shape index (κ2) is 4.84. The van der Waals surface area contributed by atoms with Crippen molar-refractivity contribution >= 4 is 16.7 Å². The minimum atomic E-state index is -0.387. The number of Topliss-reactive ketones (excluding diaryl/α,β-unsaturated/α-hetero) is 1. The normalized spacial score (nSPS) is 19.9. The zero-order chi connectivity index (χ0) is 12.4. The molecule has 1 aromatic carbocycles. The van der Waals surface area contributed by atoms with Gasteiger partial charge in [0.05, 0.1) is 12.1 Å². The van der Waals surface area contributed by atoms with Crippen molar-refractivity contribution in [1.29, 1.82) is 0 Å². The van der Waals surface area contributed by atoms with Crippen LogP contribution in [0.15, 0.2) is 36.5 Å². The summed E-state index contributed by atoms with van der Waals surface area (Å²) in [6, 6.07) is 9.64. The molecule has 1 saturated heterocycles. The van der Waals surface area contributed by atoms with Crippen molar-refractivity contribution < 1.29 is 9.53 Å². The molecule has 0 bridgehead atoms. The van der Waals surface area contributed by atoms with Crippen LogP contribution in [0.4, 0.5) is 0 Å². The second-order valence-corrected chi connectivity index (χ2v) is 4.34. The number of carbonyl (C=O) groups is 1. The summed E-state index contributed by atoms with van der Waals surface area (Å²) in [6.45, 7) is 1.96. The van der Waals surface area contributed by atoms with Gasteiger partial charge in [-0.25, -0.2) is 0 Å². The third kappa shape index (κ3) is 2.12. The molecule has 1 aromatic heterocycles. The third-order valence-electron chi connectivity index (χ3n) is 3.10. The molecular formula is C14H14N2O2. The van der Waals surface area contributed by atoms with E-state index < -0.39 is 0 Å². The number of aromatic nitrogens is 1. The Morgan fingerprint density at radius 3 is 3.11 bits per heavy atom. The maximum absolute atomic E-state index is 12.2. The van der Waals surface area contributed by atoms with E-state index >= 15 is 0 Å². The number of benzene rings is 1. The lowest BCUT2D eigenvalue weighted by atomic mass is 10.1. The minimum absolute atomic E-state index is 0.000420. The lowest BCUT2D eigenvalue weighted by molar-refractivity contribution is 0.0269.